The molecule has 0 aliphatic heterocycles. The smallest absolute Gasteiger partial charge is 0.475 e. The fourth-order valence-corrected chi connectivity index (χ4v) is 2.93. The molecular formula is C21H18F3N5O3. The van der Waals surface area contributed by atoms with E-state index in [9.17, 15) is 18.0 Å². The van der Waals surface area contributed by atoms with E-state index in [1.165, 1.54) is 0 Å². The summed E-state index contributed by atoms with van der Waals surface area (Å²) in [6.07, 6.45) is -1.68. The normalized spacial score (nSPS) is 11.1. The molecular weight excluding hydrogens is 427 g/mol. The predicted octanol–water partition coefficient (Wildman–Crippen LogP) is 3.96. The number of aryl methyl sites for hydroxylation is 1. The lowest BCUT2D eigenvalue weighted by molar-refractivity contribution is -0.192. The number of rotatable bonds is 4. The maximum absolute atomic E-state index is 12.1. The van der Waals surface area contributed by atoms with E-state index >= 15 is 0 Å². The number of halogens is 3. The zero-order chi connectivity index (χ0) is 23.5. The number of carboxylic acids is 1. The second kappa shape index (κ2) is 8.92. The number of aliphatic carboxylic acids is 1. The van der Waals surface area contributed by atoms with E-state index in [0.717, 1.165) is 33.5 Å². The third kappa shape index (κ3) is 4.94. The fourth-order valence-electron chi connectivity index (χ4n) is 2.93. The molecule has 0 bridgehead atoms. The van der Waals surface area contributed by atoms with Crippen molar-refractivity contribution in [3.8, 4) is 11.3 Å². The molecule has 0 aliphatic carbocycles. The molecule has 8 nitrogen and oxygen atoms in total. The van der Waals surface area contributed by atoms with Crippen LogP contribution in [0.3, 0.4) is 0 Å². The zero-order valence-electron chi connectivity index (χ0n) is 16.7. The minimum absolute atomic E-state index is 0.117. The maximum atomic E-state index is 12.1. The molecule has 0 saturated heterocycles. The SMILES string of the molecule is C=CCNC(=O)c1ccc2cc(-c3ccnc4nc(C)[nH]c34)[nH]c2c1.O=C(O)C(F)(F)F. The minimum atomic E-state index is -5.08. The Bertz CT molecular complexity index is 1310. The second-order valence-corrected chi connectivity index (χ2v) is 6.67. The lowest BCUT2D eigenvalue weighted by Crippen LogP contribution is -2.22. The van der Waals surface area contributed by atoms with Gasteiger partial charge in [-0.1, -0.05) is 12.1 Å². The molecule has 4 rings (SSSR count). The Balaban J connectivity index is 0.000000360. The standard InChI is InChI=1S/C19H17N5O.C2HF3O2/c1-3-7-21-19(25)13-5-4-12-9-16(24-15(12)10-13)14-6-8-20-18-17(14)22-11(2)23-18;3-2(4,5)1(6)7/h3-6,8-10,24H,1,7H2,2H3,(H,21,25)(H,20,22,23);(H,6,7). The summed E-state index contributed by atoms with van der Waals surface area (Å²) in [6.45, 7) is 5.96. The van der Waals surface area contributed by atoms with Crippen LogP contribution in [0.25, 0.3) is 33.3 Å². The molecule has 3 aromatic heterocycles. The first-order valence-corrected chi connectivity index (χ1v) is 9.24. The van der Waals surface area contributed by atoms with E-state index in [1.54, 1.807) is 12.3 Å². The van der Waals surface area contributed by atoms with Gasteiger partial charge in [0.15, 0.2) is 5.65 Å². The molecule has 166 valence electrons. The summed E-state index contributed by atoms with van der Waals surface area (Å²) in [5.41, 5.74) is 5.06. The highest BCUT2D eigenvalue weighted by atomic mass is 19.4. The van der Waals surface area contributed by atoms with E-state index in [2.05, 4.69) is 37.9 Å². The van der Waals surface area contributed by atoms with Crippen LogP contribution in [0.1, 0.15) is 16.2 Å². The van der Waals surface area contributed by atoms with Gasteiger partial charge >= 0.3 is 12.1 Å². The maximum Gasteiger partial charge on any atom is 0.490 e. The number of H-pyrrole nitrogens is 2. The van der Waals surface area contributed by atoms with Crippen LogP contribution in [-0.4, -0.2) is 49.6 Å². The van der Waals surface area contributed by atoms with E-state index in [-0.39, 0.29) is 5.91 Å². The van der Waals surface area contributed by atoms with Gasteiger partial charge in [0.05, 0.1) is 5.52 Å². The topological polar surface area (TPSA) is 124 Å². The molecule has 4 aromatic rings. The number of aromatic nitrogens is 4. The Hall–Kier alpha value is -4.15. The number of benzene rings is 1. The van der Waals surface area contributed by atoms with Gasteiger partial charge in [-0.05, 0) is 31.2 Å². The average molecular weight is 445 g/mol. The van der Waals surface area contributed by atoms with Gasteiger partial charge in [0.1, 0.15) is 5.82 Å². The number of carboxylic acid groups (broad SMARTS) is 1. The molecule has 0 aliphatic rings. The number of hydrogen-bond donors (Lipinski definition) is 4. The number of nitrogens with one attached hydrogen (secondary N) is 3. The molecule has 32 heavy (non-hydrogen) atoms. The highest BCUT2D eigenvalue weighted by Gasteiger charge is 2.38. The Kier molecular flexibility index (Phi) is 6.28. The van der Waals surface area contributed by atoms with Crippen LogP contribution in [0.2, 0.25) is 0 Å². The first kappa shape index (κ1) is 22.5. The minimum Gasteiger partial charge on any atom is -0.475 e. The molecule has 11 heteroatoms. The summed E-state index contributed by atoms with van der Waals surface area (Å²) in [5.74, 6) is -2.05. The van der Waals surface area contributed by atoms with Crippen molar-refractivity contribution in [1.29, 1.82) is 0 Å². The van der Waals surface area contributed by atoms with Gasteiger partial charge < -0.3 is 20.4 Å². The van der Waals surface area contributed by atoms with Gasteiger partial charge in [0, 0.05) is 40.5 Å². The molecule has 1 aromatic carbocycles. The first-order chi connectivity index (χ1) is 15.1. The number of nitrogens with zero attached hydrogens (tertiary/aromatic N) is 2. The number of aromatic amines is 2. The Labute approximate surface area is 179 Å². The lowest BCUT2D eigenvalue weighted by atomic mass is 10.1. The molecule has 4 N–H and O–H groups in total. The lowest BCUT2D eigenvalue weighted by Gasteiger charge is -2.02. The molecule has 0 fully saturated rings. The highest BCUT2D eigenvalue weighted by Crippen LogP contribution is 2.29. The van der Waals surface area contributed by atoms with Crippen LogP contribution in [0.15, 0.2) is 49.2 Å². The molecule has 0 atom stereocenters. The van der Waals surface area contributed by atoms with Gasteiger partial charge in [-0.15, -0.1) is 6.58 Å². The average Bonchev–Trinajstić information content (AvgIpc) is 3.33. The number of carbonyl (C=O) groups excluding carboxylic acids is 1. The first-order valence-electron chi connectivity index (χ1n) is 9.24. The number of amides is 1. The number of alkyl halides is 3. The van der Waals surface area contributed by atoms with Crippen LogP contribution < -0.4 is 5.32 Å². The van der Waals surface area contributed by atoms with Crippen LogP contribution >= 0.6 is 0 Å². The number of pyridine rings is 1. The highest BCUT2D eigenvalue weighted by molar-refractivity contribution is 6.00. The van der Waals surface area contributed by atoms with Gasteiger partial charge in [-0.2, -0.15) is 13.2 Å². The van der Waals surface area contributed by atoms with Crippen molar-refractivity contribution in [1.82, 2.24) is 25.3 Å². The van der Waals surface area contributed by atoms with Crippen molar-refractivity contribution >= 4 is 33.9 Å². The van der Waals surface area contributed by atoms with Gasteiger partial charge in [-0.3, -0.25) is 4.79 Å². The summed E-state index contributed by atoms with van der Waals surface area (Å²) in [6, 6.07) is 9.62. The Morgan fingerprint density at radius 2 is 1.94 bits per heavy atom. The molecule has 0 radical (unpaired) electrons. The van der Waals surface area contributed by atoms with E-state index in [0.29, 0.717) is 17.8 Å². The van der Waals surface area contributed by atoms with Crippen molar-refractivity contribution in [2.75, 3.05) is 6.54 Å². The van der Waals surface area contributed by atoms with E-state index in [4.69, 9.17) is 9.90 Å². The monoisotopic (exact) mass is 445 g/mol. The summed E-state index contributed by atoms with van der Waals surface area (Å²) in [7, 11) is 0. The van der Waals surface area contributed by atoms with Crippen molar-refractivity contribution in [2.45, 2.75) is 13.1 Å². The Morgan fingerprint density at radius 3 is 2.59 bits per heavy atom. The quantitative estimate of drug-likeness (QED) is 0.354. The second-order valence-electron chi connectivity index (χ2n) is 6.67. The van der Waals surface area contributed by atoms with Gasteiger partial charge in [-0.25, -0.2) is 14.8 Å². The third-order valence-electron chi connectivity index (χ3n) is 4.33. The number of hydrogen-bond acceptors (Lipinski definition) is 4. The van der Waals surface area contributed by atoms with Crippen LogP contribution in [0, 0.1) is 6.92 Å². The molecule has 3 heterocycles. The Morgan fingerprint density at radius 1 is 1.22 bits per heavy atom. The van der Waals surface area contributed by atoms with Gasteiger partial charge in [0.2, 0.25) is 0 Å². The largest absolute Gasteiger partial charge is 0.490 e. The van der Waals surface area contributed by atoms with E-state index < -0.39 is 12.1 Å². The molecule has 0 unspecified atom stereocenters. The van der Waals surface area contributed by atoms with E-state index in [1.807, 2.05) is 31.2 Å². The molecule has 0 spiro atoms. The van der Waals surface area contributed by atoms with Crippen molar-refractivity contribution < 1.29 is 27.9 Å². The zero-order valence-corrected chi connectivity index (χ0v) is 16.7. The van der Waals surface area contributed by atoms with Gasteiger partial charge in [0.25, 0.3) is 5.91 Å². The predicted molar refractivity (Wildman–Crippen MR) is 112 cm³/mol. The van der Waals surface area contributed by atoms with Crippen LogP contribution in [0.4, 0.5) is 13.2 Å². The summed E-state index contributed by atoms with van der Waals surface area (Å²) >= 11 is 0. The van der Waals surface area contributed by atoms with Crippen LogP contribution in [0.5, 0.6) is 0 Å². The summed E-state index contributed by atoms with van der Waals surface area (Å²) in [5, 5.41) is 10.9. The summed E-state index contributed by atoms with van der Waals surface area (Å²) in [4.78, 5) is 36.3. The number of fused-ring (bicyclic) bond motifs is 2. The fraction of sp³-hybridized carbons (Fsp3) is 0.143. The third-order valence-corrected chi connectivity index (χ3v) is 4.33. The van der Waals surface area contributed by atoms with Crippen LogP contribution in [-0.2, 0) is 4.79 Å². The van der Waals surface area contributed by atoms with Crippen molar-refractivity contribution in [3.63, 3.8) is 0 Å². The number of carbonyl (C=O) groups is 2. The summed E-state index contributed by atoms with van der Waals surface area (Å²) < 4.78 is 31.7. The molecule has 0 saturated carbocycles. The number of imidazole rings is 1. The van der Waals surface area contributed by atoms with Crippen molar-refractivity contribution in [3.05, 3.63) is 60.6 Å². The van der Waals surface area contributed by atoms with Crippen molar-refractivity contribution in [2.24, 2.45) is 0 Å². The molecule has 1 amide bonds.